The van der Waals surface area contributed by atoms with Gasteiger partial charge >= 0.3 is 5.97 Å². The molecule has 8 heteroatoms. The number of carboxylic acid groups (broad SMARTS) is 1. The van der Waals surface area contributed by atoms with Gasteiger partial charge in [-0.3, -0.25) is 19.9 Å². The third kappa shape index (κ3) is 4.06. The highest BCUT2D eigenvalue weighted by Gasteiger charge is 2.08. The first kappa shape index (κ1) is 18.0. The van der Waals surface area contributed by atoms with E-state index in [1.807, 2.05) is 13.0 Å². The predicted molar refractivity (Wildman–Crippen MR) is 101 cm³/mol. The molecule has 27 heavy (non-hydrogen) atoms. The standard InChI is InChI=1S/C19H16N4O4/c1-10(13-3-5-14(6-4-13)18(26)27)7-12-8-15-16(20-9-12)22-19(21-11(2)24)23-17(15)25/h3-9H,1-2H3,(H,26,27)(H2,20,21,22,23,24,25). The Labute approximate surface area is 153 Å². The number of allylic oxidation sites excluding steroid dienone is 1. The minimum Gasteiger partial charge on any atom is -0.478 e. The van der Waals surface area contributed by atoms with Crippen molar-refractivity contribution < 1.29 is 14.7 Å². The molecule has 0 aliphatic carbocycles. The molecule has 0 spiro atoms. The van der Waals surface area contributed by atoms with E-state index >= 15 is 0 Å². The molecule has 0 fully saturated rings. The molecule has 0 saturated carbocycles. The Kier molecular flexibility index (Phi) is 4.80. The van der Waals surface area contributed by atoms with E-state index in [0.29, 0.717) is 10.9 Å². The molecule has 0 bridgehead atoms. The number of fused-ring (bicyclic) bond motifs is 1. The minimum atomic E-state index is -0.979. The monoisotopic (exact) mass is 364 g/mol. The Bertz CT molecular complexity index is 1130. The van der Waals surface area contributed by atoms with Crippen molar-refractivity contribution in [3.8, 4) is 0 Å². The van der Waals surface area contributed by atoms with Crippen molar-refractivity contribution in [3.63, 3.8) is 0 Å². The van der Waals surface area contributed by atoms with E-state index in [1.54, 1.807) is 24.4 Å². The molecule has 136 valence electrons. The first-order chi connectivity index (χ1) is 12.8. The van der Waals surface area contributed by atoms with E-state index in [2.05, 4.69) is 20.3 Å². The molecule has 0 radical (unpaired) electrons. The van der Waals surface area contributed by atoms with Gasteiger partial charge < -0.3 is 5.11 Å². The summed E-state index contributed by atoms with van der Waals surface area (Å²) < 4.78 is 0. The number of aromatic carboxylic acids is 1. The Morgan fingerprint density at radius 1 is 1.15 bits per heavy atom. The topological polar surface area (TPSA) is 125 Å². The first-order valence-electron chi connectivity index (χ1n) is 8.03. The van der Waals surface area contributed by atoms with Crippen molar-refractivity contribution in [2.24, 2.45) is 0 Å². The fraction of sp³-hybridized carbons (Fsp3) is 0.105. The SMILES string of the molecule is CC(=O)Nc1nc2ncc(C=C(C)c3ccc(C(=O)O)cc3)cc2c(=O)[nH]1. The largest absolute Gasteiger partial charge is 0.478 e. The van der Waals surface area contributed by atoms with Gasteiger partial charge in [-0.05, 0) is 47.9 Å². The summed E-state index contributed by atoms with van der Waals surface area (Å²) in [7, 11) is 0. The molecule has 2 heterocycles. The lowest BCUT2D eigenvalue weighted by Gasteiger charge is -2.05. The number of carboxylic acids is 1. The maximum absolute atomic E-state index is 12.2. The quantitative estimate of drug-likeness (QED) is 0.653. The van der Waals surface area contributed by atoms with E-state index in [1.165, 1.54) is 19.1 Å². The van der Waals surface area contributed by atoms with Gasteiger partial charge in [-0.25, -0.2) is 9.78 Å². The normalized spacial score (nSPS) is 11.4. The minimum absolute atomic E-state index is 0.0468. The zero-order valence-corrected chi connectivity index (χ0v) is 14.6. The van der Waals surface area contributed by atoms with Crippen LogP contribution in [0.4, 0.5) is 5.95 Å². The Hall–Kier alpha value is -3.81. The van der Waals surface area contributed by atoms with Crippen LogP contribution in [0.2, 0.25) is 0 Å². The number of hydrogen-bond donors (Lipinski definition) is 3. The smallest absolute Gasteiger partial charge is 0.335 e. The van der Waals surface area contributed by atoms with E-state index < -0.39 is 11.5 Å². The van der Waals surface area contributed by atoms with Gasteiger partial charge in [0.05, 0.1) is 10.9 Å². The predicted octanol–water partition coefficient (Wildman–Crippen LogP) is 2.54. The summed E-state index contributed by atoms with van der Waals surface area (Å²) in [6, 6.07) is 8.16. The molecule has 1 aromatic carbocycles. The zero-order valence-electron chi connectivity index (χ0n) is 14.6. The van der Waals surface area contributed by atoms with Crippen LogP contribution in [-0.2, 0) is 4.79 Å². The van der Waals surface area contributed by atoms with Crippen LogP contribution in [0.3, 0.4) is 0 Å². The highest BCUT2D eigenvalue weighted by atomic mass is 16.4. The number of nitrogens with one attached hydrogen (secondary N) is 2. The van der Waals surface area contributed by atoms with Crippen LogP contribution in [0.5, 0.6) is 0 Å². The van der Waals surface area contributed by atoms with Crippen LogP contribution < -0.4 is 10.9 Å². The van der Waals surface area contributed by atoms with Crippen molar-refractivity contribution in [3.05, 3.63) is 63.6 Å². The van der Waals surface area contributed by atoms with E-state index in [4.69, 9.17) is 5.11 Å². The van der Waals surface area contributed by atoms with Gasteiger partial charge in [0.1, 0.15) is 0 Å². The summed E-state index contributed by atoms with van der Waals surface area (Å²) in [4.78, 5) is 45.0. The van der Waals surface area contributed by atoms with Gasteiger partial charge in [0, 0.05) is 13.1 Å². The number of H-pyrrole nitrogens is 1. The van der Waals surface area contributed by atoms with E-state index in [0.717, 1.165) is 11.1 Å². The van der Waals surface area contributed by atoms with Gasteiger partial charge in [-0.2, -0.15) is 4.98 Å². The number of aromatic nitrogens is 3. The maximum atomic E-state index is 12.2. The number of rotatable bonds is 4. The molecule has 3 aromatic rings. The summed E-state index contributed by atoms with van der Waals surface area (Å²) in [5.41, 5.74) is 2.46. The number of amides is 1. The third-order valence-corrected chi connectivity index (χ3v) is 3.85. The number of benzene rings is 1. The summed E-state index contributed by atoms with van der Waals surface area (Å²) >= 11 is 0. The Morgan fingerprint density at radius 3 is 2.44 bits per heavy atom. The van der Waals surface area contributed by atoms with Crippen LogP contribution in [0.25, 0.3) is 22.7 Å². The number of anilines is 1. The fourth-order valence-electron chi connectivity index (χ4n) is 2.55. The number of pyridine rings is 1. The molecule has 3 rings (SSSR count). The first-order valence-corrected chi connectivity index (χ1v) is 8.03. The number of nitrogens with zero attached hydrogens (tertiary/aromatic N) is 2. The number of aromatic amines is 1. The van der Waals surface area contributed by atoms with Crippen molar-refractivity contribution >= 4 is 40.5 Å². The molecule has 0 saturated heterocycles. The van der Waals surface area contributed by atoms with Crippen molar-refractivity contribution in [1.82, 2.24) is 15.0 Å². The highest BCUT2D eigenvalue weighted by molar-refractivity contribution is 5.90. The van der Waals surface area contributed by atoms with Crippen molar-refractivity contribution in [2.75, 3.05) is 5.32 Å². The molecule has 0 atom stereocenters. The molecular formula is C19H16N4O4. The van der Waals surface area contributed by atoms with Gasteiger partial charge in [0.2, 0.25) is 11.9 Å². The lowest BCUT2D eigenvalue weighted by atomic mass is 10.0. The van der Waals surface area contributed by atoms with E-state index in [9.17, 15) is 14.4 Å². The second-order valence-electron chi connectivity index (χ2n) is 5.95. The molecule has 0 unspecified atom stereocenters. The van der Waals surface area contributed by atoms with Gasteiger partial charge in [-0.1, -0.05) is 12.1 Å². The van der Waals surface area contributed by atoms with Crippen LogP contribution in [0.15, 0.2) is 41.3 Å². The molecular weight excluding hydrogens is 348 g/mol. The summed E-state index contributed by atoms with van der Waals surface area (Å²) in [5, 5.41) is 11.7. The van der Waals surface area contributed by atoms with Gasteiger partial charge in [0.15, 0.2) is 5.65 Å². The van der Waals surface area contributed by atoms with Crippen LogP contribution in [-0.4, -0.2) is 31.9 Å². The van der Waals surface area contributed by atoms with Crippen LogP contribution in [0.1, 0.15) is 35.3 Å². The summed E-state index contributed by atoms with van der Waals surface area (Å²) in [5.74, 6) is -1.28. The third-order valence-electron chi connectivity index (χ3n) is 3.85. The second-order valence-corrected chi connectivity index (χ2v) is 5.95. The molecule has 3 N–H and O–H groups in total. The number of carbonyl (C=O) groups is 2. The summed E-state index contributed by atoms with van der Waals surface area (Å²) in [6.07, 6.45) is 3.41. The average Bonchev–Trinajstić information content (AvgIpc) is 2.61. The summed E-state index contributed by atoms with van der Waals surface area (Å²) in [6.45, 7) is 3.19. The lowest BCUT2D eigenvalue weighted by molar-refractivity contribution is -0.114. The molecule has 8 nitrogen and oxygen atoms in total. The van der Waals surface area contributed by atoms with Gasteiger partial charge in [-0.15, -0.1) is 0 Å². The Balaban J connectivity index is 1.95. The van der Waals surface area contributed by atoms with Crippen LogP contribution >= 0.6 is 0 Å². The van der Waals surface area contributed by atoms with E-state index in [-0.39, 0.29) is 23.1 Å². The number of hydrogen-bond acceptors (Lipinski definition) is 5. The van der Waals surface area contributed by atoms with Crippen LogP contribution in [0, 0.1) is 0 Å². The zero-order chi connectivity index (χ0) is 19.6. The maximum Gasteiger partial charge on any atom is 0.335 e. The Morgan fingerprint density at radius 2 is 1.81 bits per heavy atom. The molecule has 0 aliphatic heterocycles. The van der Waals surface area contributed by atoms with Crippen molar-refractivity contribution in [1.29, 1.82) is 0 Å². The molecule has 2 aromatic heterocycles. The lowest BCUT2D eigenvalue weighted by Crippen LogP contribution is -2.16. The average molecular weight is 364 g/mol. The molecule has 1 amide bonds. The van der Waals surface area contributed by atoms with Gasteiger partial charge in [0.25, 0.3) is 5.56 Å². The second kappa shape index (κ2) is 7.20. The molecule has 0 aliphatic rings. The fourth-order valence-corrected chi connectivity index (χ4v) is 2.55. The number of carbonyl (C=O) groups excluding carboxylic acids is 1. The highest BCUT2D eigenvalue weighted by Crippen LogP contribution is 2.19. The van der Waals surface area contributed by atoms with Crippen molar-refractivity contribution in [2.45, 2.75) is 13.8 Å².